The van der Waals surface area contributed by atoms with E-state index in [9.17, 15) is 9.59 Å². The lowest BCUT2D eigenvalue weighted by Gasteiger charge is -2.13. The highest BCUT2D eigenvalue weighted by Gasteiger charge is 2.19. The Hall–Kier alpha value is -1.81. The number of carbonyl (C=O) groups is 1. The minimum Gasteiger partial charge on any atom is -0.477 e. The molecule has 0 bridgehead atoms. The number of aryl methyl sites for hydroxylation is 3. The number of halogens is 1. The molecule has 0 saturated heterocycles. The van der Waals surface area contributed by atoms with E-state index in [2.05, 4.69) is 0 Å². The number of rotatable bonds is 1. The van der Waals surface area contributed by atoms with Crippen molar-refractivity contribution in [2.75, 3.05) is 0 Å². The smallest absolute Gasteiger partial charge is 0.341 e. The van der Waals surface area contributed by atoms with Crippen LogP contribution in [-0.2, 0) is 7.05 Å². The van der Waals surface area contributed by atoms with Crippen molar-refractivity contribution in [3.63, 3.8) is 0 Å². The Labute approximate surface area is 108 Å². The number of aromatic nitrogens is 1. The van der Waals surface area contributed by atoms with Gasteiger partial charge >= 0.3 is 5.97 Å². The van der Waals surface area contributed by atoms with Crippen LogP contribution in [0.5, 0.6) is 0 Å². The Bertz CT molecular complexity index is 731. The lowest BCUT2D eigenvalue weighted by Crippen LogP contribution is -2.26. The molecular formula is C13H12ClNO3. The maximum atomic E-state index is 12.0. The van der Waals surface area contributed by atoms with Gasteiger partial charge in [-0.2, -0.15) is 0 Å². The highest BCUT2D eigenvalue weighted by molar-refractivity contribution is 6.32. The molecule has 0 radical (unpaired) electrons. The first-order valence-electron chi connectivity index (χ1n) is 5.38. The molecule has 5 heteroatoms. The van der Waals surface area contributed by atoms with Gasteiger partial charge in [0, 0.05) is 17.5 Å². The molecule has 2 aromatic rings. The summed E-state index contributed by atoms with van der Waals surface area (Å²) in [6.45, 7) is 3.45. The first kappa shape index (κ1) is 12.6. The number of hydrogen-bond donors (Lipinski definition) is 1. The third-order valence-electron chi connectivity index (χ3n) is 3.21. The normalized spacial score (nSPS) is 10.9. The molecule has 0 fully saturated rings. The molecule has 0 aliphatic heterocycles. The zero-order chi connectivity index (χ0) is 13.6. The quantitative estimate of drug-likeness (QED) is 0.862. The molecule has 18 heavy (non-hydrogen) atoms. The van der Waals surface area contributed by atoms with Gasteiger partial charge in [-0.25, -0.2) is 4.79 Å². The van der Waals surface area contributed by atoms with Crippen LogP contribution in [0.3, 0.4) is 0 Å². The number of hydrogen-bond acceptors (Lipinski definition) is 2. The fraction of sp³-hybridized carbons (Fsp3) is 0.231. The summed E-state index contributed by atoms with van der Waals surface area (Å²) >= 11 is 6.03. The molecule has 1 heterocycles. The summed E-state index contributed by atoms with van der Waals surface area (Å²) in [5.74, 6) is -1.21. The third-order valence-corrected chi connectivity index (χ3v) is 3.62. The molecule has 94 valence electrons. The summed E-state index contributed by atoms with van der Waals surface area (Å²) < 4.78 is 1.34. The van der Waals surface area contributed by atoms with Crippen LogP contribution in [-0.4, -0.2) is 15.6 Å². The van der Waals surface area contributed by atoms with Crippen molar-refractivity contribution in [1.29, 1.82) is 0 Å². The first-order chi connectivity index (χ1) is 8.36. The van der Waals surface area contributed by atoms with Gasteiger partial charge in [-0.05, 0) is 31.0 Å². The molecule has 0 atom stereocenters. The number of fused-ring (bicyclic) bond motifs is 1. The maximum absolute atomic E-state index is 12.0. The molecule has 0 aliphatic rings. The van der Waals surface area contributed by atoms with Gasteiger partial charge in [-0.3, -0.25) is 4.79 Å². The van der Waals surface area contributed by atoms with Crippen LogP contribution in [0.15, 0.2) is 16.9 Å². The number of aromatic carboxylic acids is 1. The predicted molar refractivity (Wildman–Crippen MR) is 70.6 cm³/mol. The summed E-state index contributed by atoms with van der Waals surface area (Å²) in [5, 5.41) is 10.4. The maximum Gasteiger partial charge on any atom is 0.341 e. The highest BCUT2D eigenvalue weighted by atomic mass is 35.5. The number of carboxylic acid groups (broad SMARTS) is 1. The fourth-order valence-electron chi connectivity index (χ4n) is 2.23. The second-order valence-corrected chi connectivity index (χ2v) is 4.65. The lowest BCUT2D eigenvalue weighted by atomic mass is 10.0. The standard InChI is InChI=1S/C13H12ClNO3/c1-6-8-4-5-9(14)7(2)11(8)15(3)12(16)10(6)13(17)18/h4-5H,1-3H3,(H,17,18). The average Bonchev–Trinajstić information content (AvgIpc) is 2.29. The number of carboxylic acids is 1. The minimum atomic E-state index is -1.21. The lowest BCUT2D eigenvalue weighted by molar-refractivity contribution is 0.0694. The molecule has 1 aromatic carbocycles. The second kappa shape index (κ2) is 4.14. The van der Waals surface area contributed by atoms with E-state index < -0.39 is 11.5 Å². The van der Waals surface area contributed by atoms with Gasteiger partial charge in [0.25, 0.3) is 5.56 Å². The largest absolute Gasteiger partial charge is 0.477 e. The molecule has 0 amide bonds. The molecule has 0 aliphatic carbocycles. The average molecular weight is 266 g/mol. The van der Waals surface area contributed by atoms with Crippen molar-refractivity contribution in [3.8, 4) is 0 Å². The summed E-state index contributed by atoms with van der Waals surface area (Å²) in [4.78, 5) is 23.2. The third kappa shape index (κ3) is 1.61. The summed E-state index contributed by atoms with van der Waals surface area (Å²) in [5.41, 5.74) is 1.22. The number of benzene rings is 1. The van der Waals surface area contributed by atoms with E-state index in [1.54, 1.807) is 26.1 Å². The van der Waals surface area contributed by atoms with Crippen LogP contribution in [0.4, 0.5) is 0 Å². The Kier molecular flexibility index (Phi) is 2.91. The second-order valence-electron chi connectivity index (χ2n) is 4.24. The zero-order valence-electron chi connectivity index (χ0n) is 10.2. The molecule has 2 rings (SSSR count). The SMILES string of the molecule is Cc1c(C(=O)O)c(=O)n(C)c2c(C)c(Cl)ccc12. The molecule has 0 spiro atoms. The Morgan fingerprint density at radius 1 is 1.28 bits per heavy atom. The Balaban J connectivity index is 3.13. The van der Waals surface area contributed by atoms with E-state index in [1.807, 2.05) is 6.92 Å². The molecule has 4 nitrogen and oxygen atoms in total. The molecule has 1 N–H and O–H groups in total. The van der Waals surface area contributed by atoms with Crippen molar-refractivity contribution < 1.29 is 9.90 Å². The van der Waals surface area contributed by atoms with Crippen molar-refractivity contribution in [1.82, 2.24) is 4.57 Å². The van der Waals surface area contributed by atoms with Gasteiger partial charge in [-0.15, -0.1) is 0 Å². The molecule has 1 aromatic heterocycles. The molecule has 0 saturated carbocycles. The van der Waals surface area contributed by atoms with Crippen LogP contribution in [0.2, 0.25) is 5.02 Å². The summed E-state index contributed by atoms with van der Waals surface area (Å²) in [7, 11) is 1.56. The van der Waals surface area contributed by atoms with Crippen molar-refractivity contribution in [2.24, 2.45) is 7.05 Å². The minimum absolute atomic E-state index is 0.188. The van der Waals surface area contributed by atoms with Gasteiger partial charge in [0.05, 0.1) is 5.52 Å². The van der Waals surface area contributed by atoms with Gasteiger partial charge in [-0.1, -0.05) is 17.7 Å². The van der Waals surface area contributed by atoms with Crippen molar-refractivity contribution in [3.05, 3.63) is 44.2 Å². The monoisotopic (exact) mass is 265 g/mol. The zero-order valence-corrected chi connectivity index (χ0v) is 11.0. The Morgan fingerprint density at radius 3 is 2.44 bits per heavy atom. The Morgan fingerprint density at radius 2 is 1.89 bits per heavy atom. The van der Waals surface area contributed by atoms with Crippen molar-refractivity contribution in [2.45, 2.75) is 13.8 Å². The van der Waals surface area contributed by atoms with Gasteiger partial charge in [0.15, 0.2) is 0 Å². The van der Waals surface area contributed by atoms with E-state index in [1.165, 1.54) is 4.57 Å². The topological polar surface area (TPSA) is 59.3 Å². The first-order valence-corrected chi connectivity index (χ1v) is 5.75. The highest BCUT2D eigenvalue weighted by Crippen LogP contribution is 2.27. The van der Waals surface area contributed by atoms with Gasteiger partial charge in [0.2, 0.25) is 0 Å². The van der Waals surface area contributed by atoms with E-state index in [4.69, 9.17) is 16.7 Å². The number of nitrogens with zero attached hydrogens (tertiary/aromatic N) is 1. The van der Waals surface area contributed by atoms with Gasteiger partial charge < -0.3 is 9.67 Å². The molecular weight excluding hydrogens is 254 g/mol. The van der Waals surface area contributed by atoms with Crippen LogP contribution >= 0.6 is 11.6 Å². The van der Waals surface area contributed by atoms with E-state index in [-0.39, 0.29) is 5.56 Å². The van der Waals surface area contributed by atoms with Crippen LogP contribution in [0.25, 0.3) is 10.9 Å². The van der Waals surface area contributed by atoms with E-state index in [0.717, 1.165) is 10.9 Å². The van der Waals surface area contributed by atoms with E-state index >= 15 is 0 Å². The van der Waals surface area contributed by atoms with Crippen molar-refractivity contribution >= 4 is 28.5 Å². The number of pyridine rings is 1. The van der Waals surface area contributed by atoms with E-state index in [0.29, 0.717) is 16.1 Å². The van der Waals surface area contributed by atoms with Crippen LogP contribution in [0, 0.1) is 13.8 Å². The van der Waals surface area contributed by atoms with Crippen LogP contribution in [0.1, 0.15) is 21.5 Å². The summed E-state index contributed by atoms with van der Waals surface area (Å²) in [6.07, 6.45) is 0. The summed E-state index contributed by atoms with van der Waals surface area (Å²) in [6, 6.07) is 3.45. The molecule has 0 unspecified atom stereocenters. The fourth-order valence-corrected chi connectivity index (χ4v) is 2.38. The van der Waals surface area contributed by atoms with Gasteiger partial charge in [0.1, 0.15) is 5.56 Å². The van der Waals surface area contributed by atoms with Crippen LogP contribution < -0.4 is 5.56 Å². The predicted octanol–water partition coefficient (Wildman–Crippen LogP) is 2.51.